The van der Waals surface area contributed by atoms with Gasteiger partial charge in [0.25, 0.3) is 0 Å². The Morgan fingerprint density at radius 3 is 3.10 bits per heavy atom. The molecule has 1 N–H and O–H groups in total. The van der Waals surface area contributed by atoms with Crippen LogP contribution in [0.1, 0.15) is 25.7 Å². The summed E-state index contributed by atoms with van der Waals surface area (Å²) in [5.74, 6) is 0.329. The second-order valence-electron chi connectivity index (χ2n) is 5.48. The van der Waals surface area contributed by atoms with Crippen molar-refractivity contribution in [3.63, 3.8) is 0 Å². The number of halogens is 1. The fraction of sp³-hybridized carbons (Fsp3) is 0.615. The fourth-order valence-electron chi connectivity index (χ4n) is 3.23. The Bertz CT molecular complexity index is 525. The van der Waals surface area contributed by atoms with Crippen molar-refractivity contribution in [3.8, 4) is 0 Å². The molecule has 2 aliphatic rings. The maximum atomic E-state index is 11.1. The number of anilines is 1. The lowest BCUT2D eigenvalue weighted by molar-refractivity contribution is -0.384. The van der Waals surface area contributed by atoms with Crippen molar-refractivity contribution in [1.82, 2.24) is 9.88 Å². The number of hydrogen-bond acceptors (Lipinski definition) is 5. The molecule has 2 atom stereocenters. The number of nitrogens with one attached hydrogen (secondary N) is 1. The first-order valence-electron chi connectivity index (χ1n) is 6.94. The Morgan fingerprint density at radius 1 is 1.45 bits per heavy atom. The monoisotopic (exact) mass is 296 g/mol. The maximum Gasteiger partial charge on any atom is 0.312 e. The van der Waals surface area contributed by atoms with Gasteiger partial charge in [-0.25, -0.2) is 4.98 Å². The molecule has 2 fully saturated rings. The highest BCUT2D eigenvalue weighted by Crippen LogP contribution is 2.31. The van der Waals surface area contributed by atoms with E-state index in [1.165, 1.54) is 31.6 Å². The van der Waals surface area contributed by atoms with Crippen molar-refractivity contribution < 1.29 is 4.92 Å². The van der Waals surface area contributed by atoms with Crippen LogP contribution in [0.3, 0.4) is 0 Å². The quantitative estimate of drug-likeness (QED) is 0.686. The number of nitrogens with zero attached hydrogens (tertiary/aromatic N) is 3. The zero-order chi connectivity index (χ0) is 14.1. The Morgan fingerprint density at radius 2 is 2.30 bits per heavy atom. The van der Waals surface area contributed by atoms with Crippen LogP contribution in [-0.4, -0.2) is 40.0 Å². The van der Waals surface area contributed by atoms with Crippen molar-refractivity contribution in [3.05, 3.63) is 27.4 Å². The Labute approximate surface area is 122 Å². The van der Waals surface area contributed by atoms with Crippen molar-refractivity contribution in [2.45, 2.75) is 37.8 Å². The van der Waals surface area contributed by atoms with E-state index in [1.807, 2.05) is 0 Å². The van der Waals surface area contributed by atoms with E-state index in [9.17, 15) is 10.1 Å². The molecule has 6 nitrogen and oxygen atoms in total. The fourth-order valence-corrected chi connectivity index (χ4v) is 3.38. The predicted octanol–water partition coefficient (Wildman–Crippen LogP) is 2.68. The molecule has 2 unspecified atom stereocenters. The zero-order valence-electron chi connectivity index (χ0n) is 11.1. The Hall–Kier alpha value is -1.40. The van der Waals surface area contributed by atoms with Gasteiger partial charge in [-0.15, -0.1) is 0 Å². The maximum absolute atomic E-state index is 11.1. The summed E-state index contributed by atoms with van der Waals surface area (Å²) in [6.07, 6.45) is 5.96. The SMILES string of the molecule is O=[N+]([O-])c1cc(Cl)cnc1NC1CCN2CCCC2C1. The molecule has 0 aromatic carbocycles. The second-order valence-corrected chi connectivity index (χ2v) is 5.91. The molecule has 0 aliphatic carbocycles. The minimum absolute atomic E-state index is 0.0497. The molecule has 0 bridgehead atoms. The van der Waals surface area contributed by atoms with Crippen molar-refractivity contribution in [2.24, 2.45) is 0 Å². The standard InChI is InChI=1S/C13H17ClN4O2/c14-9-6-12(18(19)20)13(15-8-9)16-10-3-5-17-4-1-2-11(17)7-10/h6,8,10-11H,1-5,7H2,(H,15,16). The van der Waals surface area contributed by atoms with Gasteiger partial charge in [-0.05, 0) is 32.2 Å². The highest BCUT2D eigenvalue weighted by atomic mass is 35.5. The molecular formula is C13H17ClN4O2. The number of hydrogen-bond donors (Lipinski definition) is 1. The van der Waals surface area contributed by atoms with Gasteiger partial charge in [0.05, 0.1) is 9.95 Å². The summed E-state index contributed by atoms with van der Waals surface area (Å²) < 4.78 is 0. The van der Waals surface area contributed by atoms with Gasteiger partial charge in [-0.1, -0.05) is 11.6 Å². The van der Waals surface area contributed by atoms with E-state index in [0.29, 0.717) is 11.9 Å². The van der Waals surface area contributed by atoms with E-state index in [0.717, 1.165) is 19.4 Å². The molecule has 3 heterocycles. The third-order valence-electron chi connectivity index (χ3n) is 4.19. The van der Waals surface area contributed by atoms with Gasteiger partial charge in [-0.2, -0.15) is 0 Å². The smallest absolute Gasteiger partial charge is 0.312 e. The van der Waals surface area contributed by atoms with Gasteiger partial charge in [0, 0.05) is 30.9 Å². The van der Waals surface area contributed by atoms with Gasteiger partial charge in [0.2, 0.25) is 5.82 Å². The predicted molar refractivity (Wildman–Crippen MR) is 77.1 cm³/mol. The molecule has 2 saturated heterocycles. The molecule has 20 heavy (non-hydrogen) atoms. The first-order valence-corrected chi connectivity index (χ1v) is 7.32. The molecule has 0 radical (unpaired) electrons. The third-order valence-corrected chi connectivity index (χ3v) is 4.40. The van der Waals surface area contributed by atoms with Crippen LogP contribution in [0.5, 0.6) is 0 Å². The van der Waals surface area contributed by atoms with Gasteiger partial charge in [0.1, 0.15) is 0 Å². The van der Waals surface area contributed by atoms with Crippen LogP contribution in [-0.2, 0) is 0 Å². The molecule has 1 aromatic rings. The molecule has 0 saturated carbocycles. The first-order chi connectivity index (χ1) is 9.63. The molecule has 0 spiro atoms. The Kier molecular flexibility index (Phi) is 3.76. The topological polar surface area (TPSA) is 71.3 Å². The minimum Gasteiger partial charge on any atom is -0.361 e. The van der Waals surface area contributed by atoms with E-state index >= 15 is 0 Å². The lowest BCUT2D eigenvalue weighted by atomic mass is 9.97. The number of pyridine rings is 1. The van der Waals surface area contributed by atoms with Crippen LogP contribution in [0.2, 0.25) is 5.02 Å². The van der Waals surface area contributed by atoms with E-state index in [2.05, 4.69) is 15.2 Å². The summed E-state index contributed by atoms with van der Waals surface area (Å²) in [5, 5.41) is 14.6. The Balaban J connectivity index is 1.73. The number of aromatic nitrogens is 1. The number of nitro groups is 1. The van der Waals surface area contributed by atoms with E-state index in [4.69, 9.17) is 11.6 Å². The van der Waals surface area contributed by atoms with Gasteiger partial charge in [-0.3, -0.25) is 10.1 Å². The summed E-state index contributed by atoms with van der Waals surface area (Å²) in [6.45, 7) is 2.25. The van der Waals surface area contributed by atoms with E-state index in [1.54, 1.807) is 0 Å². The zero-order valence-corrected chi connectivity index (χ0v) is 11.8. The summed E-state index contributed by atoms with van der Waals surface area (Å²) >= 11 is 5.78. The molecule has 0 amide bonds. The largest absolute Gasteiger partial charge is 0.361 e. The number of fused-ring (bicyclic) bond motifs is 1. The van der Waals surface area contributed by atoms with Gasteiger partial charge in [0.15, 0.2) is 0 Å². The molecule has 108 valence electrons. The summed E-state index contributed by atoms with van der Waals surface area (Å²) in [6, 6.07) is 2.22. The summed E-state index contributed by atoms with van der Waals surface area (Å²) in [5.41, 5.74) is -0.0497. The van der Waals surface area contributed by atoms with Crippen LogP contribution in [0.4, 0.5) is 11.5 Å². The van der Waals surface area contributed by atoms with Crippen molar-refractivity contribution in [1.29, 1.82) is 0 Å². The molecule has 1 aromatic heterocycles. The minimum atomic E-state index is -0.439. The summed E-state index contributed by atoms with van der Waals surface area (Å²) in [7, 11) is 0. The number of piperidine rings is 1. The lowest BCUT2D eigenvalue weighted by Crippen LogP contribution is -2.42. The van der Waals surface area contributed by atoms with Gasteiger partial charge < -0.3 is 10.2 Å². The van der Waals surface area contributed by atoms with Crippen LogP contribution < -0.4 is 5.32 Å². The average molecular weight is 297 g/mol. The highest BCUT2D eigenvalue weighted by molar-refractivity contribution is 6.30. The lowest BCUT2D eigenvalue weighted by Gasteiger charge is -2.35. The van der Waals surface area contributed by atoms with E-state index in [-0.39, 0.29) is 16.8 Å². The molecule has 3 rings (SSSR count). The number of rotatable bonds is 3. The normalized spacial score (nSPS) is 26.2. The first kappa shape index (κ1) is 13.6. The second kappa shape index (κ2) is 5.54. The molecule has 7 heteroatoms. The third kappa shape index (κ3) is 2.71. The van der Waals surface area contributed by atoms with Crippen molar-refractivity contribution >= 4 is 23.1 Å². The average Bonchev–Trinajstić information content (AvgIpc) is 2.88. The van der Waals surface area contributed by atoms with Crippen LogP contribution in [0.25, 0.3) is 0 Å². The molecule has 2 aliphatic heterocycles. The van der Waals surface area contributed by atoms with Crippen molar-refractivity contribution in [2.75, 3.05) is 18.4 Å². The van der Waals surface area contributed by atoms with Gasteiger partial charge >= 0.3 is 5.69 Å². The summed E-state index contributed by atoms with van der Waals surface area (Å²) in [4.78, 5) is 17.2. The van der Waals surface area contributed by atoms with Crippen LogP contribution >= 0.6 is 11.6 Å². The van der Waals surface area contributed by atoms with E-state index < -0.39 is 4.92 Å². The molecular weight excluding hydrogens is 280 g/mol. The van der Waals surface area contributed by atoms with Crippen LogP contribution in [0, 0.1) is 10.1 Å². The van der Waals surface area contributed by atoms with Crippen LogP contribution in [0.15, 0.2) is 12.3 Å². The highest BCUT2D eigenvalue weighted by Gasteiger charge is 2.32.